The van der Waals surface area contributed by atoms with E-state index in [9.17, 15) is 4.79 Å². The second-order valence-electron chi connectivity index (χ2n) is 4.19. The summed E-state index contributed by atoms with van der Waals surface area (Å²) >= 11 is 5.76. The predicted octanol–water partition coefficient (Wildman–Crippen LogP) is 2.08. The monoisotopic (exact) mass is 262 g/mol. The number of hydrogen-bond acceptors (Lipinski definition) is 3. The zero-order valence-electron chi connectivity index (χ0n) is 9.80. The average Bonchev–Trinajstić information content (AvgIpc) is 2.73. The molecule has 18 heavy (non-hydrogen) atoms. The number of anilines is 2. The van der Waals surface area contributed by atoms with Crippen LogP contribution in [0.25, 0.3) is 0 Å². The van der Waals surface area contributed by atoms with Gasteiger partial charge >= 0.3 is 0 Å². The van der Waals surface area contributed by atoms with Crippen molar-refractivity contribution in [2.24, 2.45) is 7.05 Å². The van der Waals surface area contributed by atoms with Crippen molar-refractivity contribution in [1.29, 1.82) is 0 Å². The number of pyridine rings is 1. The van der Waals surface area contributed by atoms with E-state index in [1.165, 1.54) is 0 Å². The van der Waals surface area contributed by atoms with E-state index in [0.717, 1.165) is 12.1 Å². The van der Waals surface area contributed by atoms with Crippen molar-refractivity contribution >= 4 is 29.0 Å². The molecular weight excluding hydrogens is 252 g/mol. The van der Waals surface area contributed by atoms with Gasteiger partial charge in [-0.15, -0.1) is 0 Å². The minimum absolute atomic E-state index is 0.0327. The number of imidazole rings is 1. The highest BCUT2D eigenvalue weighted by Gasteiger charge is 2.28. The summed E-state index contributed by atoms with van der Waals surface area (Å²) in [4.78, 5) is 22.0. The minimum atomic E-state index is 0.0327. The van der Waals surface area contributed by atoms with Crippen LogP contribution in [0.2, 0.25) is 5.15 Å². The molecule has 0 aliphatic carbocycles. The van der Waals surface area contributed by atoms with Crippen molar-refractivity contribution in [3.63, 3.8) is 0 Å². The molecule has 0 spiro atoms. The van der Waals surface area contributed by atoms with Crippen LogP contribution in [-0.2, 0) is 18.3 Å². The summed E-state index contributed by atoms with van der Waals surface area (Å²) in [5.41, 5.74) is 1.76. The van der Waals surface area contributed by atoms with E-state index < -0.39 is 0 Å². The smallest absolute Gasteiger partial charge is 0.233 e. The van der Waals surface area contributed by atoms with Crippen molar-refractivity contribution in [2.45, 2.75) is 12.8 Å². The summed E-state index contributed by atoms with van der Waals surface area (Å²) in [5, 5.41) is 0.407. The van der Waals surface area contributed by atoms with Crippen LogP contribution < -0.4 is 4.90 Å². The second kappa shape index (κ2) is 4.10. The number of fused-ring (bicyclic) bond motifs is 1. The Morgan fingerprint density at radius 3 is 2.83 bits per heavy atom. The molecule has 0 saturated carbocycles. The molecule has 2 aromatic rings. The van der Waals surface area contributed by atoms with Crippen molar-refractivity contribution in [2.75, 3.05) is 4.90 Å². The lowest BCUT2D eigenvalue weighted by Gasteiger charge is -2.25. The molecule has 5 nitrogen and oxygen atoms in total. The Balaban J connectivity index is 2.10. The highest BCUT2D eigenvalue weighted by molar-refractivity contribution is 6.29. The summed E-state index contributed by atoms with van der Waals surface area (Å²) in [6.45, 7) is 0. The highest BCUT2D eigenvalue weighted by atomic mass is 35.5. The average molecular weight is 263 g/mol. The van der Waals surface area contributed by atoms with Gasteiger partial charge in [-0.3, -0.25) is 9.69 Å². The maximum Gasteiger partial charge on any atom is 0.233 e. The summed E-state index contributed by atoms with van der Waals surface area (Å²) in [6.07, 6.45) is 4.51. The molecule has 1 aliphatic rings. The Morgan fingerprint density at radius 1 is 1.28 bits per heavy atom. The minimum Gasteiger partial charge on any atom is -0.336 e. The van der Waals surface area contributed by atoms with E-state index in [0.29, 0.717) is 23.1 Å². The summed E-state index contributed by atoms with van der Waals surface area (Å²) in [7, 11) is 1.93. The molecule has 92 valence electrons. The fraction of sp³-hybridized carbons (Fsp3) is 0.250. The number of nitrogens with zero attached hydrogens (tertiary/aromatic N) is 4. The van der Waals surface area contributed by atoms with Crippen molar-refractivity contribution < 1.29 is 4.79 Å². The van der Waals surface area contributed by atoms with Gasteiger partial charge in [0.1, 0.15) is 5.15 Å². The normalized spacial score (nSPS) is 14.8. The molecule has 0 N–H and O–H groups in total. The Morgan fingerprint density at radius 2 is 2.11 bits per heavy atom. The first kappa shape index (κ1) is 11.2. The van der Waals surface area contributed by atoms with Crippen LogP contribution in [-0.4, -0.2) is 20.4 Å². The molecule has 0 bridgehead atoms. The quantitative estimate of drug-likeness (QED) is 0.740. The lowest BCUT2D eigenvalue weighted by Crippen LogP contribution is -2.31. The molecule has 6 heteroatoms. The molecule has 0 fully saturated rings. The third kappa shape index (κ3) is 1.67. The first-order valence-corrected chi connectivity index (χ1v) is 5.99. The zero-order valence-corrected chi connectivity index (χ0v) is 10.6. The van der Waals surface area contributed by atoms with Gasteiger partial charge in [0.05, 0.1) is 23.9 Å². The molecule has 1 amide bonds. The first-order valence-electron chi connectivity index (χ1n) is 5.61. The SMILES string of the molecule is Cn1cnc2c1CCC(=O)N2c1ccc(Cl)nc1. The zero-order chi connectivity index (χ0) is 12.7. The molecule has 0 radical (unpaired) electrons. The summed E-state index contributed by atoms with van der Waals surface area (Å²) in [6, 6.07) is 3.44. The lowest BCUT2D eigenvalue weighted by atomic mass is 10.1. The molecular formula is C12H11ClN4O. The van der Waals surface area contributed by atoms with Gasteiger partial charge in [-0.1, -0.05) is 11.6 Å². The largest absolute Gasteiger partial charge is 0.336 e. The van der Waals surface area contributed by atoms with Gasteiger partial charge in [0.25, 0.3) is 0 Å². The third-order valence-corrected chi connectivity index (χ3v) is 3.27. The maximum absolute atomic E-state index is 12.1. The topological polar surface area (TPSA) is 51.0 Å². The molecule has 0 unspecified atom stereocenters. The van der Waals surface area contributed by atoms with Gasteiger partial charge in [-0.05, 0) is 12.1 Å². The van der Waals surface area contributed by atoms with Gasteiger partial charge in [0, 0.05) is 19.9 Å². The van der Waals surface area contributed by atoms with Crippen molar-refractivity contribution in [1.82, 2.24) is 14.5 Å². The van der Waals surface area contributed by atoms with Crippen LogP contribution in [0, 0.1) is 0 Å². The van der Waals surface area contributed by atoms with Crippen LogP contribution >= 0.6 is 11.6 Å². The highest BCUT2D eigenvalue weighted by Crippen LogP contribution is 2.32. The van der Waals surface area contributed by atoms with Gasteiger partial charge in [-0.2, -0.15) is 0 Å². The van der Waals surface area contributed by atoms with Gasteiger partial charge in [0.15, 0.2) is 5.82 Å². The second-order valence-corrected chi connectivity index (χ2v) is 4.58. The number of aromatic nitrogens is 3. The lowest BCUT2D eigenvalue weighted by molar-refractivity contribution is -0.118. The first-order chi connectivity index (χ1) is 8.66. The molecule has 0 atom stereocenters. The van der Waals surface area contributed by atoms with Crippen LogP contribution in [0.1, 0.15) is 12.1 Å². The molecule has 0 aromatic carbocycles. The van der Waals surface area contributed by atoms with Crippen molar-refractivity contribution in [3.8, 4) is 0 Å². The van der Waals surface area contributed by atoms with E-state index in [1.54, 1.807) is 29.6 Å². The van der Waals surface area contributed by atoms with E-state index in [1.807, 2.05) is 11.6 Å². The Hall–Kier alpha value is -1.88. The number of hydrogen-bond donors (Lipinski definition) is 0. The van der Waals surface area contributed by atoms with E-state index in [-0.39, 0.29) is 5.91 Å². The molecule has 1 aliphatic heterocycles. The van der Waals surface area contributed by atoms with E-state index in [2.05, 4.69) is 9.97 Å². The molecule has 0 saturated heterocycles. The van der Waals surface area contributed by atoms with Crippen molar-refractivity contribution in [3.05, 3.63) is 35.5 Å². The fourth-order valence-corrected chi connectivity index (χ4v) is 2.25. The number of carbonyl (C=O) groups is 1. The summed E-state index contributed by atoms with van der Waals surface area (Å²) < 4.78 is 1.94. The number of rotatable bonds is 1. The number of halogens is 1. The van der Waals surface area contributed by atoms with Gasteiger partial charge in [-0.25, -0.2) is 9.97 Å². The summed E-state index contributed by atoms with van der Waals surface area (Å²) in [5.74, 6) is 0.725. The van der Waals surface area contributed by atoms with E-state index in [4.69, 9.17) is 11.6 Å². The Kier molecular flexibility index (Phi) is 2.56. The number of carbonyl (C=O) groups excluding carboxylic acids is 1. The van der Waals surface area contributed by atoms with Crippen LogP contribution in [0.15, 0.2) is 24.7 Å². The molecule has 3 rings (SSSR count). The Bertz CT molecular complexity index is 605. The maximum atomic E-state index is 12.1. The Labute approximate surface area is 109 Å². The van der Waals surface area contributed by atoms with Crippen LogP contribution in [0.4, 0.5) is 11.5 Å². The van der Waals surface area contributed by atoms with Gasteiger partial charge in [0.2, 0.25) is 5.91 Å². The third-order valence-electron chi connectivity index (χ3n) is 3.04. The fourth-order valence-electron chi connectivity index (χ4n) is 2.14. The van der Waals surface area contributed by atoms with E-state index >= 15 is 0 Å². The van der Waals surface area contributed by atoms with Crippen LogP contribution in [0.3, 0.4) is 0 Å². The number of aryl methyl sites for hydroxylation is 1. The predicted molar refractivity (Wildman–Crippen MR) is 67.9 cm³/mol. The van der Waals surface area contributed by atoms with Crippen LogP contribution in [0.5, 0.6) is 0 Å². The molecule has 3 heterocycles. The van der Waals surface area contributed by atoms with Gasteiger partial charge < -0.3 is 4.57 Å². The standard InChI is InChI=1S/C12H11ClN4O/c1-16-7-15-12-9(16)3-5-11(18)17(12)8-2-4-10(13)14-6-8/h2,4,6-7H,3,5H2,1H3. The number of amides is 1. The molecule has 2 aromatic heterocycles.